The second kappa shape index (κ2) is 5.93. The lowest BCUT2D eigenvalue weighted by atomic mass is 9.93. The number of amides is 3. The van der Waals surface area contributed by atoms with Gasteiger partial charge in [-0.25, -0.2) is 4.79 Å². The lowest BCUT2D eigenvalue weighted by Gasteiger charge is -2.42. The molecule has 0 aromatic heterocycles. The highest BCUT2D eigenvalue weighted by Gasteiger charge is 2.52. The molecule has 134 valence electrons. The van der Waals surface area contributed by atoms with E-state index in [9.17, 15) is 14.4 Å². The molecule has 7 nitrogen and oxygen atoms in total. The van der Waals surface area contributed by atoms with E-state index in [-0.39, 0.29) is 11.8 Å². The minimum atomic E-state index is -0.597. The number of likely N-dealkylation sites (tertiary alicyclic amines) is 2. The highest BCUT2D eigenvalue weighted by molar-refractivity contribution is 5.92. The average Bonchev–Trinajstić information content (AvgIpc) is 2.93. The molecular weight excluding hydrogens is 310 g/mol. The summed E-state index contributed by atoms with van der Waals surface area (Å²) in [6.07, 6.45) is 3.22. The van der Waals surface area contributed by atoms with Gasteiger partial charge < -0.3 is 15.4 Å². The molecule has 1 aliphatic carbocycles. The van der Waals surface area contributed by atoms with Crippen LogP contribution in [0.25, 0.3) is 0 Å². The summed E-state index contributed by atoms with van der Waals surface area (Å²) in [5.41, 5.74) is 4.98. The Hall–Kier alpha value is -1.79. The maximum atomic E-state index is 12.9. The summed E-state index contributed by atoms with van der Waals surface area (Å²) in [7, 11) is 0. The molecule has 24 heavy (non-hydrogen) atoms. The van der Waals surface area contributed by atoms with E-state index in [1.165, 1.54) is 4.90 Å². The molecule has 0 bridgehead atoms. The molecular formula is C17H27N3O4. The van der Waals surface area contributed by atoms with Crippen molar-refractivity contribution in [2.24, 2.45) is 17.6 Å². The van der Waals surface area contributed by atoms with E-state index in [1.54, 1.807) is 25.7 Å². The first-order chi connectivity index (χ1) is 11.2. The molecule has 2 N–H and O–H groups in total. The first-order valence-corrected chi connectivity index (χ1v) is 8.78. The second-order valence-corrected chi connectivity index (χ2v) is 8.17. The summed E-state index contributed by atoms with van der Waals surface area (Å²) in [6, 6.07) is -1.05. The minimum Gasteiger partial charge on any atom is -0.444 e. The Labute approximate surface area is 142 Å². The number of primary amides is 1. The molecule has 3 rings (SSSR count). The lowest BCUT2D eigenvalue weighted by Crippen LogP contribution is -2.61. The van der Waals surface area contributed by atoms with Crippen LogP contribution in [-0.4, -0.2) is 58.5 Å². The smallest absolute Gasteiger partial charge is 0.410 e. The predicted octanol–water partition coefficient (Wildman–Crippen LogP) is 1.11. The molecule has 2 saturated heterocycles. The van der Waals surface area contributed by atoms with Crippen molar-refractivity contribution in [3.63, 3.8) is 0 Å². The van der Waals surface area contributed by atoms with Gasteiger partial charge >= 0.3 is 6.09 Å². The van der Waals surface area contributed by atoms with Crippen LogP contribution >= 0.6 is 0 Å². The van der Waals surface area contributed by atoms with Crippen molar-refractivity contribution in [2.75, 3.05) is 13.1 Å². The molecule has 0 aromatic rings. The third kappa shape index (κ3) is 2.96. The Balaban J connectivity index is 1.70. The predicted molar refractivity (Wildman–Crippen MR) is 86.9 cm³/mol. The average molecular weight is 337 g/mol. The fourth-order valence-corrected chi connectivity index (χ4v) is 4.27. The van der Waals surface area contributed by atoms with E-state index >= 15 is 0 Å². The molecule has 1 saturated carbocycles. The van der Waals surface area contributed by atoms with Crippen LogP contribution in [0.4, 0.5) is 4.79 Å². The van der Waals surface area contributed by atoms with Gasteiger partial charge in [0, 0.05) is 13.1 Å². The van der Waals surface area contributed by atoms with Gasteiger partial charge in [-0.1, -0.05) is 6.42 Å². The van der Waals surface area contributed by atoms with Gasteiger partial charge in [0.15, 0.2) is 0 Å². The van der Waals surface area contributed by atoms with Crippen molar-refractivity contribution in [3.8, 4) is 0 Å². The first-order valence-electron chi connectivity index (χ1n) is 8.78. The molecule has 3 aliphatic rings. The third-order valence-corrected chi connectivity index (χ3v) is 5.40. The lowest BCUT2D eigenvalue weighted by molar-refractivity contribution is -0.146. The van der Waals surface area contributed by atoms with Gasteiger partial charge in [-0.2, -0.15) is 0 Å². The number of nitrogens with two attached hydrogens (primary N) is 1. The van der Waals surface area contributed by atoms with Gasteiger partial charge in [-0.3, -0.25) is 14.5 Å². The topological polar surface area (TPSA) is 92.9 Å². The number of carbonyl (C=O) groups excluding carboxylic acids is 3. The highest BCUT2D eigenvalue weighted by Crippen LogP contribution is 2.43. The van der Waals surface area contributed by atoms with Crippen molar-refractivity contribution < 1.29 is 19.1 Å². The molecule has 2 aliphatic heterocycles. The summed E-state index contributed by atoms with van der Waals surface area (Å²) in [5, 5.41) is 0. The quantitative estimate of drug-likeness (QED) is 0.817. The van der Waals surface area contributed by atoms with E-state index in [0.717, 1.165) is 19.3 Å². The Morgan fingerprint density at radius 3 is 2.33 bits per heavy atom. The van der Waals surface area contributed by atoms with Gasteiger partial charge in [0.2, 0.25) is 11.8 Å². The monoisotopic (exact) mass is 337 g/mol. The molecule has 0 spiro atoms. The van der Waals surface area contributed by atoms with Crippen LogP contribution in [0.1, 0.15) is 46.5 Å². The van der Waals surface area contributed by atoms with Gasteiger partial charge in [0.1, 0.15) is 17.7 Å². The van der Waals surface area contributed by atoms with Crippen LogP contribution in [0.2, 0.25) is 0 Å². The van der Waals surface area contributed by atoms with Gasteiger partial charge in [0.25, 0.3) is 0 Å². The fourth-order valence-electron chi connectivity index (χ4n) is 4.27. The zero-order valence-electron chi connectivity index (χ0n) is 14.7. The fraction of sp³-hybridized carbons (Fsp3) is 0.824. The second-order valence-electron chi connectivity index (χ2n) is 8.17. The van der Waals surface area contributed by atoms with Gasteiger partial charge in [-0.15, -0.1) is 0 Å². The van der Waals surface area contributed by atoms with Crippen LogP contribution in [-0.2, 0) is 14.3 Å². The molecule has 0 radical (unpaired) electrons. The molecule has 3 unspecified atom stereocenters. The normalized spacial score (nSPS) is 32.3. The number of rotatable bonds is 2. The Morgan fingerprint density at radius 1 is 1.08 bits per heavy atom. The molecule has 4 atom stereocenters. The third-order valence-electron chi connectivity index (χ3n) is 5.40. The van der Waals surface area contributed by atoms with Crippen LogP contribution in [0.3, 0.4) is 0 Å². The van der Waals surface area contributed by atoms with Crippen LogP contribution in [0.15, 0.2) is 0 Å². The van der Waals surface area contributed by atoms with E-state index in [1.807, 2.05) is 0 Å². The van der Waals surface area contributed by atoms with Crippen LogP contribution in [0.5, 0.6) is 0 Å². The van der Waals surface area contributed by atoms with Gasteiger partial charge in [-0.05, 0) is 51.9 Å². The zero-order valence-corrected chi connectivity index (χ0v) is 14.7. The molecule has 0 aromatic carbocycles. The Kier molecular flexibility index (Phi) is 4.21. The van der Waals surface area contributed by atoms with Crippen molar-refractivity contribution in [1.82, 2.24) is 9.80 Å². The largest absolute Gasteiger partial charge is 0.444 e. The number of ether oxygens (including phenoxy) is 1. The first kappa shape index (κ1) is 17.0. The van der Waals surface area contributed by atoms with Crippen LogP contribution in [0, 0.1) is 11.8 Å². The number of fused-ring (bicyclic) bond motifs is 1. The van der Waals surface area contributed by atoms with Crippen molar-refractivity contribution in [2.45, 2.75) is 64.1 Å². The summed E-state index contributed by atoms with van der Waals surface area (Å²) < 4.78 is 5.36. The maximum absolute atomic E-state index is 12.9. The number of hydrogen-bond acceptors (Lipinski definition) is 4. The summed E-state index contributed by atoms with van der Waals surface area (Å²) in [4.78, 5) is 40.1. The van der Waals surface area contributed by atoms with E-state index in [0.29, 0.717) is 25.4 Å². The molecule has 3 fully saturated rings. The zero-order chi connectivity index (χ0) is 17.6. The van der Waals surface area contributed by atoms with E-state index in [4.69, 9.17) is 10.5 Å². The molecule has 3 amide bonds. The van der Waals surface area contributed by atoms with Crippen molar-refractivity contribution in [3.05, 3.63) is 0 Å². The maximum Gasteiger partial charge on any atom is 0.410 e. The number of hydrogen-bond donors (Lipinski definition) is 1. The van der Waals surface area contributed by atoms with Crippen LogP contribution < -0.4 is 5.73 Å². The molecule has 2 heterocycles. The SMILES string of the molecule is CC(C)(C)OC(=O)N1CC[C@@H]1C(=O)N1CC2CCCC2C1C(N)=O. The van der Waals surface area contributed by atoms with Crippen molar-refractivity contribution in [1.29, 1.82) is 0 Å². The molecule has 7 heteroatoms. The number of nitrogens with zero attached hydrogens (tertiary/aromatic N) is 2. The van der Waals surface area contributed by atoms with Crippen molar-refractivity contribution >= 4 is 17.9 Å². The summed E-state index contributed by atoms with van der Waals surface area (Å²) >= 11 is 0. The number of carbonyl (C=O) groups is 3. The summed E-state index contributed by atoms with van der Waals surface area (Å²) in [5.74, 6) is -0.0470. The van der Waals surface area contributed by atoms with Gasteiger partial charge in [0.05, 0.1) is 0 Å². The van der Waals surface area contributed by atoms with E-state index < -0.39 is 29.7 Å². The highest BCUT2D eigenvalue weighted by atomic mass is 16.6. The Morgan fingerprint density at radius 2 is 1.79 bits per heavy atom. The Bertz CT molecular complexity index is 557. The minimum absolute atomic E-state index is 0.162. The summed E-state index contributed by atoms with van der Waals surface area (Å²) in [6.45, 7) is 6.48. The van der Waals surface area contributed by atoms with E-state index in [2.05, 4.69) is 0 Å². The standard InChI is InChI=1S/C17H27N3O4/c1-17(2,3)24-16(23)19-8-7-12(19)15(22)20-9-10-5-4-6-11(10)13(20)14(18)21/h10-13H,4-9H2,1-3H3,(H2,18,21)/t10?,11?,12-,13?/m1/s1.